The maximum absolute atomic E-state index is 12.4. The van der Waals surface area contributed by atoms with Gasteiger partial charge in [0.1, 0.15) is 5.78 Å². The molecule has 1 aliphatic heterocycles. The summed E-state index contributed by atoms with van der Waals surface area (Å²) in [6.45, 7) is 0.790. The molecule has 1 unspecified atom stereocenters. The second kappa shape index (κ2) is 4.68. The maximum atomic E-state index is 12.4. The molecule has 1 aromatic carbocycles. The zero-order valence-electron chi connectivity index (χ0n) is 9.47. The van der Waals surface area contributed by atoms with Gasteiger partial charge in [-0.15, -0.1) is 0 Å². The number of hydrogen-bond donors (Lipinski definition) is 1. The van der Waals surface area contributed by atoms with Crippen LogP contribution in [-0.2, 0) is 20.0 Å². The maximum Gasteiger partial charge on any atom is 0.351 e. The Morgan fingerprint density at radius 1 is 1.31 bits per heavy atom. The number of rotatable bonds is 3. The van der Waals surface area contributed by atoms with Crippen molar-refractivity contribution in [1.29, 1.82) is 0 Å². The van der Waals surface area contributed by atoms with Gasteiger partial charge in [-0.05, 0) is 17.5 Å². The first kappa shape index (κ1) is 11.8. The summed E-state index contributed by atoms with van der Waals surface area (Å²) in [4.78, 5) is 0. The molecule has 0 fully saturated rings. The normalized spacial score (nSPS) is 20.5. The van der Waals surface area contributed by atoms with Crippen molar-refractivity contribution in [2.75, 3.05) is 20.8 Å². The molecule has 0 radical (unpaired) electrons. The molecule has 0 aliphatic carbocycles. The van der Waals surface area contributed by atoms with E-state index in [1.807, 2.05) is 18.2 Å². The molecule has 5 heteroatoms. The number of nitrogens with one attached hydrogen (secondary N) is 1. The van der Waals surface area contributed by atoms with Crippen LogP contribution in [-0.4, -0.2) is 20.8 Å². The van der Waals surface area contributed by atoms with E-state index in [1.54, 1.807) is 0 Å². The van der Waals surface area contributed by atoms with Crippen LogP contribution in [0.2, 0.25) is 0 Å². The summed E-state index contributed by atoms with van der Waals surface area (Å²) < 4.78 is 22.5. The van der Waals surface area contributed by atoms with E-state index in [9.17, 15) is 4.57 Å². The molecular formula is C11H16NO3P. The fourth-order valence-corrected chi connectivity index (χ4v) is 3.57. The minimum Gasteiger partial charge on any atom is -0.311 e. The lowest BCUT2D eigenvalue weighted by Crippen LogP contribution is -2.30. The van der Waals surface area contributed by atoms with Gasteiger partial charge in [-0.2, -0.15) is 0 Å². The van der Waals surface area contributed by atoms with Gasteiger partial charge in [-0.3, -0.25) is 9.88 Å². The Hall–Kier alpha value is -0.670. The summed E-state index contributed by atoms with van der Waals surface area (Å²) >= 11 is 0. The van der Waals surface area contributed by atoms with Crippen LogP contribution in [0, 0.1) is 0 Å². The summed E-state index contributed by atoms with van der Waals surface area (Å²) in [6, 6.07) is 7.95. The fraction of sp³-hybridized carbons (Fsp3) is 0.455. The molecular weight excluding hydrogens is 225 g/mol. The lowest BCUT2D eigenvalue weighted by atomic mass is 10.0. The summed E-state index contributed by atoms with van der Waals surface area (Å²) in [5.41, 5.74) is 2.22. The van der Waals surface area contributed by atoms with Gasteiger partial charge in [-0.1, -0.05) is 24.3 Å². The molecule has 0 amide bonds. The van der Waals surface area contributed by atoms with Gasteiger partial charge in [-0.25, -0.2) is 0 Å². The molecule has 4 nitrogen and oxygen atoms in total. The second-order valence-electron chi connectivity index (χ2n) is 3.71. The van der Waals surface area contributed by atoms with Crippen LogP contribution in [0.1, 0.15) is 16.9 Å². The molecule has 16 heavy (non-hydrogen) atoms. The fourth-order valence-electron chi connectivity index (χ4n) is 2.05. The van der Waals surface area contributed by atoms with Crippen LogP contribution in [0.5, 0.6) is 0 Å². The highest BCUT2D eigenvalue weighted by atomic mass is 31.2. The second-order valence-corrected chi connectivity index (χ2v) is 6.04. The molecule has 0 saturated carbocycles. The Balaban J connectivity index is 2.42. The SMILES string of the molecule is COP(=O)(OC)C1NCCc2ccccc21. The van der Waals surface area contributed by atoms with Gasteiger partial charge in [0.05, 0.1) is 0 Å². The zero-order chi connectivity index (χ0) is 11.6. The van der Waals surface area contributed by atoms with E-state index < -0.39 is 7.60 Å². The van der Waals surface area contributed by atoms with Gasteiger partial charge in [0.15, 0.2) is 0 Å². The summed E-state index contributed by atoms with van der Waals surface area (Å²) in [5, 5.41) is 3.20. The molecule has 0 aromatic heterocycles. The molecule has 1 atom stereocenters. The molecule has 1 heterocycles. The standard InChI is InChI=1S/C11H16NO3P/c1-14-16(13,15-2)11-10-6-4-3-5-9(10)7-8-12-11/h3-6,11-12H,7-8H2,1-2H3. The van der Waals surface area contributed by atoms with Crippen molar-refractivity contribution in [3.05, 3.63) is 35.4 Å². The van der Waals surface area contributed by atoms with Gasteiger partial charge >= 0.3 is 7.60 Å². The first-order chi connectivity index (χ1) is 7.71. The quantitative estimate of drug-likeness (QED) is 0.825. The van der Waals surface area contributed by atoms with E-state index in [4.69, 9.17) is 9.05 Å². The molecule has 2 rings (SSSR count). The van der Waals surface area contributed by atoms with Crippen LogP contribution in [0.25, 0.3) is 0 Å². The van der Waals surface area contributed by atoms with E-state index in [2.05, 4.69) is 11.4 Å². The Kier molecular flexibility index (Phi) is 3.45. The first-order valence-electron chi connectivity index (χ1n) is 5.23. The number of hydrogen-bond acceptors (Lipinski definition) is 4. The highest BCUT2D eigenvalue weighted by Gasteiger charge is 2.37. The highest BCUT2D eigenvalue weighted by molar-refractivity contribution is 7.54. The predicted octanol–water partition coefficient (Wildman–Crippen LogP) is 2.32. The Morgan fingerprint density at radius 3 is 2.69 bits per heavy atom. The molecule has 1 N–H and O–H groups in total. The first-order valence-corrected chi connectivity index (χ1v) is 6.85. The van der Waals surface area contributed by atoms with E-state index >= 15 is 0 Å². The summed E-state index contributed by atoms with van der Waals surface area (Å²) in [5.74, 6) is -0.354. The largest absolute Gasteiger partial charge is 0.351 e. The van der Waals surface area contributed by atoms with Crippen LogP contribution in [0.3, 0.4) is 0 Å². The van der Waals surface area contributed by atoms with Gasteiger partial charge in [0.25, 0.3) is 0 Å². The van der Waals surface area contributed by atoms with E-state index in [0.717, 1.165) is 18.5 Å². The third-order valence-electron chi connectivity index (χ3n) is 2.91. The number of benzene rings is 1. The molecule has 0 bridgehead atoms. The lowest BCUT2D eigenvalue weighted by Gasteiger charge is -2.30. The lowest BCUT2D eigenvalue weighted by molar-refractivity contribution is 0.258. The Labute approximate surface area is 95.5 Å². The van der Waals surface area contributed by atoms with E-state index in [1.165, 1.54) is 19.8 Å². The van der Waals surface area contributed by atoms with Crippen molar-refractivity contribution in [3.63, 3.8) is 0 Å². The Morgan fingerprint density at radius 2 is 2.00 bits per heavy atom. The smallest absolute Gasteiger partial charge is 0.311 e. The minimum absolute atomic E-state index is 0.354. The average molecular weight is 241 g/mol. The van der Waals surface area contributed by atoms with E-state index in [0.29, 0.717) is 0 Å². The van der Waals surface area contributed by atoms with Crippen LogP contribution in [0.15, 0.2) is 24.3 Å². The number of fused-ring (bicyclic) bond motifs is 1. The zero-order valence-corrected chi connectivity index (χ0v) is 10.4. The van der Waals surface area contributed by atoms with Crippen LogP contribution in [0.4, 0.5) is 0 Å². The molecule has 0 saturated heterocycles. The molecule has 1 aliphatic rings. The summed E-state index contributed by atoms with van der Waals surface area (Å²) in [7, 11) is -0.260. The minimum atomic E-state index is -3.10. The van der Waals surface area contributed by atoms with Crippen LogP contribution < -0.4 is 5.32 Å². The van der Waals surface area contributed by atoms with Crippen molar-refractivity contribution >= 4 is 7.60 Å². The predicted molar refractivity (Wildman–Crippen MR) is 62.5 cm³/mol. The van der Waals surface area contributed by atoms with Gasteiger partial charge < -0.3 is 9.05 Å². The summed E-state index contributed by atoms with van der Waals surface area (Å²) in [6.07, 6.45) is 0.945. The highest BCUT2D eigenvalue weighted by Crippen LogP contribution is 2.59. The van der Waals surface area contributed by atoms with Crippen molar-refractivity contribution in [2.24, 2.45) is 0 Å². The topological polar surface area (TPSA) is 47.6 Å². The average Bonchev–Trinajstić information content (AvgIpc) is 2.37. The molecule has 1 aromatic rings. The Bertz CT molecular complexity index is 413. The van der Waals surface area contributed by atoms with Gasteiger partial charge in [0, 0.05) is 20.8 Å². The molecule has 0 spiro atoms. The monoisotopic (exact) mass is 241 g/mol. The van der Waals surface area contributed by atoms with Crippen LogP contribution >= 0.6 is 7.60 Å². The third kappa shape index (κ3) is 1.94. The van der Waals surface area contributed by atoms with Crippen molar-refractivity contribution in [1.82, 2.24) is 5.32 Å². The third-order valence-corrected chi connectivity index (χ3v) is 5.02. The van der Waals surface area contributed by atoms with Gasteiger partial charge in [0.2, 0.25) is 0 Å². The van der Waals surface area contributed by atoms with Crippen molar-refractivity contribution in [2.45, 2.75) is 12.2 Å². The van der Waals surface area contributed by atoms with E-state index in [-0.39, 0.29) is 5.78 Å². The molecule has 88 valence electrons. The van der Waals surface area contributed by atoms with Crippen molar-refractivity contribution < 1.29 is 13.6 Å². The van der Waals surface area contributed by atoms with Crippen molar-refractivity contribution in [3.8, 4) is 0 Å².